The fourth-order valence-electron chi connectivity index (χ4n) is 2.79. The molecule has 1 aromatic rings. The molecule has 3 unspecified atom stereocenters. The van der Waals surface area contributed by atoms with E-state index in [9.17, 15) is 0 Å². The van der Waals surface area contributed by atoms with Gasteiger partial charge in [0.05, 0.1) is 29.1 Å². The van der Waals surface area contributed by atoms with Crippen molar-refractivity contribution < 1.29 is 4.74 Å². The SMILES string of the molecule is CCCn1ncc(Cl)c1C(N)C1CCOC1CC. The molecule has 18 heavy (non-hydrogen) atoms. The van der Waals surface area contributed by atoms with Crippen molar-refractivity contribution in [1.82, 2.24) is 9.78 Å². The number of aryl methyl sites for hydroxylation is 1. The highest BCUT2D eigenvalue weighted by atomic mass is 35.5. The lowest BCUT2D eigenvalue weighted by molar-refractivity contribution is 0.0805. The van der Waals surface area contributed by atoms with Crippen LogP contribution in [0.25, 0.3) is 0 Å². The molecule has 1 aromatic heterocycles. The number of halogens is 1. The Kier molecular flexibility index (Phi) is 4.65. The van der Waals surface area contributed by atoms with Gasteiger partial charge in [0.1, 0.15) is 0 Å². The third kappa shape index (κ3) is 2.56. The standard InChI is InChI=1S/C13H22ClN3O/c1-3-6-17-13(10(14)8-16-17)12(15)9-5-7-18-11(9)4-2/h8-9,11-12H,3-7,15H2,1-2H3. The van der Waals surface area contributed by atoms with Gasteiger partial charge in [-0.25, -0.2) is 0 Å². The van der Waals surface area contributed by atoms with Crippen LogP contribution >= 0.6 is 11.6 Å². The summed E-state index contributed by atoms with van der Waals surface area (Å²) in [4.78, 5) is 0. The molecule has 0 bridgehead atoms. The highest BCUT2D eigenvalue weighted by Crippen LogP contribution is 2.35. The van der Waals surface area contributed by atoms with Crippen molar-refractivity contribution in [2.24, 2.45) is 11.7 Å². The minimum Gasteiger partial charge on any atom is -0.378 e. The first-order valence-electron chi connectivity index (χ1n) is 6.77. The Balaban J connectivity index is 2.22. The molecule has 1 aliphatic heterocycles. The van der Waals surface area contributed by atoms with Gasteiger partial charge in [0.15, 0.2) is 0 Å². The molecule has 1 saturated heterocycles. The molecule has 0 radical (unpaired) electrons. The first-order valence-corrected chi connectivity index (χ1v) is 7.15. The molecule has 0 amide bonds. The van der Waals surface area contributed by atoms with Gasteiger partial charge in [0.2, 0.25) is 0 Å². The lowest BCUT2D eigenvalue weighted by Crippen LogP contribution is -2.30. The summed E-state index contributed by atoms with van der Waals surface area (Å²) in [5.74, 6) is 0.347. The monoisotopic (exact) mass is 271 g/mol. The third-order valence-corrected chi connectivity index (χ3v) is 4.00. The Morgan fingerprint density at radius 3 is 3.06 bits per heavy atom. The molecule has 1 aliphatic rings. The van der Waals surface area contributed by atoms with E-state index < -0.39 is 0 Å². The highest BCUT2D eigenvalue weighted by molar-refractivity contribution is 6.31. The summed E-state index contributed by atoms with van der Waals surface area (Å²) in [5, 5.41) is 4.99. The Morgan fingerprint density at radius 1 is 1.61 bits per heavy atom. The summed E-state index contributed by atoms with van der Waals surface area (Å²) < 4.78 is 7.66. The van der Waals surface area contributed by atoms with Crippen LogP contribution in [0.3, 0.4) is 0 Å². The van der Waals surface area contributed by atoms with Gasteiger partial charge in [-0.05, 0) is 19.3 Å². The molecule has 1 fully saturated rings. The summed E-state index contributed by atoms with van der Waals surface area (Å²) in [6.07, 6.45) is 4.98. The maximum atomic E-state index is 6.42. The Labute approximate surface area is 113 Å². The molecule has 2 rings (SSSR count). The number of hydrogen-bond acceptors (Lipinski definition) is 3. The molecule has 2 N–H and O–H groups in total. The molecule has 3 atom stereocenters. The largest absolute Gasteiger partial charge is 0.378 e. The molecule has 0 spiro atoms. The van der Waals surface area contributed by atoms with Crippen LogP contribution in [-0.4, -0.2) is 22.5 Å². The van der Waals surface area contributed by atoms with Crippen LogP contribution in [0.4, 0.5) is 0 Å². The molecule has 2 heterocycles. The van der Waals surface area contributed by atoms with Gasteiger partial charge >= 0.3 is 0 Å². The van der Waals surface area contributed by atoms with E-state index in [4.69, 9.17) is 22.1 Å². The van der Waals surface area contributed by atoms with Gasteiger partial charge in [0, 0.05) is 19.1 Å². The maximum absolute atomic E-state index is 6.42. The van der Waals surface area contributed by atoms with Crippen LogP contribution in [0, 0.1) is 5.92 Å². The zero-order valence-corrected chi connectivity index (χ0v) is 11.9. The Morgan fingerprint density at radius 2 is 2.39 bits per heavy atom. The molecule has 4 nitrogen and oxygen atoms in total. The van der Waals surface area contributed by atoms with E-state index in [1.807, 2.05) is 4.68 Å². The first-order chi connectivity index (χ1) is 8.69. The molecule has 0 aromatic carbocycles. The van der Waals surface area contributed by atoms with Crippen molar-refractivity contribution in [3.05, 3.63) is 16.9 Å². The maximum Gasteiger partial charge on any atom is 0.0834 e. The average molecular weight is 272 g/mol. The predicted molar refractivity (Wildman–Crippen MR) is 72.6 cm³/mol. The molecule has 0 saturated carbocycles. The van der Waals surface area contributed by atoms with Crippen molar-refractivity contribution in [3.63, 3.8) is 0 Å². The van der Waals surface area contributed by atoms with Crippen LogP contribution in [0.2, 0.25) is 5.02 Å². The number of hydrogen-bond donors (Lipinski definition) is 1. The summed E-state index contributed by atoms with van der Waals surface area (Å²) in [7, 11) is 0. The van der Waals surface area contributed by atoms with Gasteiger partial charge in [0.25, 0.3) is 0 Å². The van der Waals surface area contributed by atoms with Crippen molar-refractivity contribution in [2.75, 3.05) is 6.61 Å². The third-order valence-electron chi connectivity index (χ3n) is 3.71. The average Bonchev–Trinajstić information content (AvgIpc) is 2.96. The topological polar surface area (TPSA) is 53.1 Å². The van der Waals surface area contributed by atoms with Crippen LogP contribution in [-0.2, 0) is 11.3 Å². The number of aromatic nitrogens is 2. The second-order valence-electron chi connectivity index (χ2n) is 4.90. The zero-order valence-electron chi connectivity index (χ0n) is 11.1. The normalized spacial score (nSPS) is 25.6. The van der Waals surface area contributed by atoms with Crippen molar-refractivity contribution >= 4 is 11.6 Å². The summed E-state index contributed by atoms with van der Waals surface area (Å²) in [6.45, 7) is 5.93. The molecule has 0 aliphatic carbocycles. The summed E-state index contributed by atoms with van der Waals surface area (Å²) in [5.41, 5.74) is 7.38. The first kappa shape index (κ1) is 13.8. The van der Waals surface area contributed by atoms with Crippen LogP contribution in [0.5, 0.6) is 0 Å². The highest BCUT2D eigenvalue weighted by Gasteiger charge is 2.35. The van der Waals surface area contributed by atoms with E-state index in [-0.39, 0.29) is 12.1 Å². The van der Waals surface area contributed by atoms with Crippen LogP contribution in [0.15, 0.2) is 6.20 Å². The van der Waals surface area contributed by atoms with Gasteiger partial charge in [-0.1, -0.05) is 25.4 Å². The number of ether oxygens (including phenoxy) is 1. The number of nitrogens with two attached hydrogens (primary N) is 1. The number of rotatable bonds is 5. The zero-order chi connectivity index (χ0) is 13.1. The number of nitrogens with zero attached hydrogens (tertiary/aromatic N) is 2. The second kappa shape index (κ2) is 6.04. The van der Waals surface area contributed by atoms with Gasteiger partial charge in [-0.3, -0.25) is 4.68 Å². The van der Waals surface area contributed by atoms with E-state index >= 15 is 0 Å². The van der Waals surface area contributed by atoms with Gasteiger partial charge < -0.3 is 10.5 Å². The Bertz CT molecular complexity index is 394. The summed E-state index contributed by atoms with van der Waals surface area (Å²) in [6, 6.07) is -0.0843. The van der Waals surface area contributed by atoms with E-state index in [0.717, 1.165) is 38.1 Å². The fraction of sp³-hybridized carbons (Fsp3) is 0.769. The lowest BCUT2D eigenvalue weighted by atomic mass is 9.90. The summed E-state index contributed by atoms with van der Waals surface area (Å²) >= 11 is 6.24. The van der Waals surface area contributed by atoms with Crippen LogP contribution < -0.4 is 5.73 Å². The van der Waals surface area contributed by atoms with E-state index in [2.05, 4.69) is 18.9 Å². The van der Waals surface area contributed by atoms with Crippen molar-refractivity contribution in [3.8, 4) is 0 Å². The van der Waals surface area contributed by atoms with Gasteiger partial charge in [-0.15, -0.1) is 0 Å². The predicted octanol–water partition coefficient (Wildman–Crippen LogP) is 2.76. The molecular formula is C13H22ClN3O. The quantitative estimate of drug-likeness (QED) is 0.896. The smallest absolute Gasteiger partial charge is 0.0834 e. The van der Waals surface area contributed by atoms with Crippen LogP contribution in [0.1, 0.15) is 44.8 Å². The minimum absolute atomic E-state index is 0.0843. The molecule has 102 valence electrons. The van der Waals surface area contributed by atoms with Gasteiger partial charge in [-0.2, -0.15) is 5.10 Å². The van der Waals surface area contributed by atoms with E-state index in [1.54, 1.807) is 6.20 Å². The fourth-order valence-corrected chi connectivity index (χ4v) is 3.06. The van der Waals surface area contributed by atoms with Crippen molar-refractivity contribution in [2.45, 2.75) is 51.8 Å². The van der Waals surface area contributed by atoms with Crippen molar-refractivity contribution in [1.29, 1.82) is 0 Å². The van der Waals surface area contributed by atoms with E-state index in [0.29, 0.717) is 10.9 Å². The second-order valence-corrected chi connectivity index (χ2v) is 5.30. The Hall–Kier alpha value is -0.580. The molecule has 5 heteroatoms. The lowest BCUT2D eigenvalue weighted by Gasteiger charge is -2.24. The minimum atomic E-state index is -0.0843. The molecular weight excluding hydrogens is 250 g/mol. The van der Waals surface area contributed by atoms with E-state index in [1.165, 1.54) is 0 Å².